The summed E-state index contributed by atoms with van der Waals surface area (Å²) in [5, 5.41) is 57.6. The summed E-state index contributed by atoms with van der Waals surface area (Å²) in [6.07, 6.45) is -0.0853. The molecule has 0 saturated carbocycles. The van der Waals surface area contributed by atoms with Crippen LogP contribution in [0.25, 0.3) is 16.7 Å². The van der Waals surface area contributed by atoms with Gasteiger partial charge in [-0.3, -0.25) is 27.4 Å². The van der Waals surface area contributed by atoms with Gasteiger partial charge < -0.3 is 19.3 Å². The number of aryl methyl sites for hydroxylation is 3. The number of methoxy groups -OCH3 is 1. The van der Waals surface area contributed by atoms with E-state index in [-0.39, 0.29) is 117 Å². The first-order chi connectivity index (χ1) is 40.5. The molecule has 28 nitrogen and oxygen atoms in total. The first-order valence-corrected chi connectivity index (χ1v) is 33.5. The van der Waals surface area contributed by atoms with Gasteiger partial charge in [0.1, 0.15) is 34.3 Å². The standard InChI is InChI=1S/C51H50ClN11O17S6/c1-28-19-38(59-62-47-31(4)33(26-53)50-54-48-41(63(50)51(47)65)11-12-42(78-5)49(48)86(75,76)77)44(79-13-6-16-83(66,67)68)23-35(28)57-60-39-21-30(3)37(25-46(39)82-15-8-18-85(72,73)74)58-61-40-20-29(2)36(24-45(40)81-14-7-17-84(69,70)71)56-55-32-9-10-34(52)43(22-32)80-27-64/h9-12,19-25,27,65H,6-8,13-18H2,1-5H3,(H,66,67,68)(H,69,70,71)(H,72,73,74)(H,75,76,77). The van der Waals surface area contributed by atoms with Crippen LogP contribution in [0.2, 0.25) is 5.02 Å². The summed E-state index contributed by atoms with van der Waals surface area (Å²) in [6.45, 7) is 6.45. The molecule has 86 heavy (non-hydrogen) atoms. The zero-order valence-corrected chi connectivity index (χ0v) is 51.3. The highest BCUT2D eigenvalue weighted by Crippen LogP contribution is 2.45. The molecule has 35 heteroatoms. The lowest BCUT2D eigenvalue weighted by Crippen LogP contribution is -2.08. The fourth-order valence-electron chi connectivity index (χ4n) is 7.99. The number of nitrogens with zero attached hydrogens (tertiary/aromatic N) is 11. The minimum atomic E-state index is -4.96. The Bertz CT molecular complexity index is 4460. The first kappa shape index (κ1) is 66.0. The van der Waals surface area contributed by atoms with Gasteiger partial charge in [-0.25, -0.2) is 4.98 Å². The highest BCUT2D eigenvalue weighted by molar-refractivity contribution is 7.99. The number of carbonyl (C=O) groups excluding carboxylic acids is 1. The van der Waals surface area contributed by atoms with Gasteiger partial charge in [0.05, 0.1) is 75.6 Å². The summed E-state index contributed by atoms with van der Waals surface area (Å²) in [5.74, 6) is -2.20. The first-order valence-electron chi connectivity index (χ1n) is 24.9. The molecule has 0 saturated heterocycles. The molecule has 0 aliphatic heterocycles. The molecule has 5 N–H and O–H groups in total. The third-order valence-electron chi connectivity index (χ3n) is 12.1. The van der Waals surface area contributed by atoms with Crippen molar-refractivity contribution < 1.29 is 76.0 Å². The van der Waals surface area contributed by atoms with Gasteiger partial charge in [-0.15, -0.1) is 44.0 Å². The molecule has 2 aromatic heterocycles. The molecular formula is C51H50ClN11O17S6. The highest BCUT2D eigenvalue weighted by atomic mass is 35.5. The van der Waals surface area contributed by atoms with Gasteiger partial charge in [-0.2, -0.15) is 59.4 Å². The van der Waals surface area contributed by atoms with Crippen molar-refractivity contribution in [3.8, 4) is 29.2 Å². The van der Waals surface area contributed by atoms with E-state index in [1.807, 2.05) is 6.07 Å². The van der Waals surface area contributed by atoms with Crippen molar-refractivity contribution in [2.75, 3.05) is 42.5 Å². The maximum atomic E-state index is 12.5. The van der Waals surface area contributed by atoms with Crippen LogP contribution >= 0.6 is 35.1 Å². The predicted molar refractivity (Wildman–Crippen MR) is 319 cm³/mol. The Morgan fingerprint density at radius 2 is 1.15 bits per heavy atom. The van der Waals surface area contributed by atoms with E-state index in [1.54, 1.807) is 51.1 Å². The number of thioether (sulfide) groups is 2. The maximum Gasteiger partial charge on any atom is 0.300 e. The van der Waals surface area contributed by atoms with E-state index in [4.69, 9.17) is 25.8 Å². The van der Waals surface area contributed by atoms with Crippen LogP contribution in [0.5, 0.6) is 23.1 Å². The van der Waals surface area contributed by atoms with Crippen molar-refractivity contribution in [1.82, 2.24) is 9.38 Å². The van der Waals surface area contributed by atoms with Crippen LogP contribution in [0.1, 0.15) is 47.1 Å². The zero-order valence-electron chi connectivity index (χ0n) is 45.7. The fraction of sp³-hybridized carbons (Fsp3) is 0.275. The fourth-order valence-corrected chi connectivity index (χ4v) is 12.7. The van der Waals surface area contributed by atoms with E-state index in [9.17, 15) is 67.0 Å². The molecule has 0 amide bonds. The number of aromatic nitrogens is 2. The number of carbonyl (C=O) groups is 1. The van der Waals surface area contributed by atoms with Crippen LogP contribution in [-0.2, 0) is 45.3 Å². The van der Waals surface area contributed by atoms with E-state index < -0.39 is 68.5 Å². The molecule has 2 heterocycles. The van der Waals surface area contributed by atoms with Gasteiger partial charge in [0.2, 0.25) is 5.88 Å². The van der Waals surface area contributed by atoms with Gasteiger partial charge in [0, 0.05) is 27.5 Å². The van der Waals surface area contributed by atoms with E-state index in [2.05, 4.69) is 45.9 Å². The molecule has 0 spiro atoms. The molecule has 0 bridgehead atoms. The van der Waals surface area contributed by atoms with Crippen molar-refractivity contribution in [1.29, 1.82) is 5.26 Å². The molecule has 0 atom stereocenters. The summed E-state index contributed by atoms with van der Waals surface area (Å²) in [4.78, 5) is 15.5. The maximum absolute atomic E-state index is 12.5. The molecule has 0 fully saturated rings. The van der Waals surface area contributed by atoms with E-state index >= 15 is 0 Å². The molecule has 0 unspecified atom stereocenters. The average Bonchev–Trinajstić information content (AvgIpc) is 1.78. The number of ether oxygens (including phenoxy) is 3. The monoisotopic (exact) mass is 1320 g/mol. The summed E-state index contributed by atoms with van der Waals surface area (Å²) >= 11 is 8.49. The summed E-state index contributed by atoms with van der Waals surface area (Å²) in [7, 11) is -16.7. The lowest BCUT2D eigenvalue weighted by molar-refractivity contribution is -0.120. The number of hydrogen-bond acceptors (Lipinski definition) is 25. The summed E-state index contributed by atoms with van der Waals surface area (Å²) in [6, 6.07) is 18.5. The number of pyridine rings is 1. The summed E-state index contributed by atoms with van der Waals surface area (Å²) < 4.78 is 150. The van der Waals surface area contributed by atoms with Crippen molar-refractivity contribution in [2.24, 2.45) is 40.9 Å². The second-order valence-electron chi connectivity index (χ2n) is 18.4. The van der Waals surface area contributed by atoms with Gasteiger partial charge in [0.25, 0.3) is 46.9 Å². The molecule has 0 aliphatic carbocycles. The second-order valence-corrected chi connectivity index (χ2v) is 27.2. The Morgan fingerprint density at radius 3 is 1.67 bits per heavy atom. The number of halogens is 1. The topological polar surface area (TPSA) is 422 Å². The van der Waals surface area contributed by atoms with Crippen LogP contribution in [0.15, 0.2) is 122 Å². The SMILES string of the molecule is COc1ccc2c(nc3c(C#N)c(C)c(N=Nc4cc(C)c(N=Nc5cc(C)c(N=Nc6cc(C)c(N=Nc7ccc(Cl)c(OC=O)c7)cc6SCCCS(=O)(=O)O)cc5SCCCS(=O)(=O)O)cc4OCCCS(=O)(=O)O)c(O)n32)c1S(=O)(=O)O. The van der Waals surface area contributed by atoms with Crippen LogP contribution < -0.4 is 14.2 Å². The van der Waals surface area contributed by atoms with Crippen LogP contribution in [-0.4, -0.2) is 115 Å². The largest absolute Gasteiger partial charge is 0.495 e. The van der Waals surface area contributed by atoms with Crippen molar-refractivity contribution in [3.63, 3.8) is 0 Å². The minimum Gasteiger partial charge on any atom is -0.495 e. The minimum absolute atomic E-state index is 0.00638. The number of fused-ring (bicyclic) bond motifs is 3. The molecule has 454 valence electrons. The Morgan fingerprint density at radius 1 is 0.640 bits per heavy atom. The smallest absolute Gasteiger partial charge is 0.300 e. The Balaban J connectivity index is 1.27. The number of benzene rings is 5. The van der Waals surface area contributed by atoms with Crippen LogP contribution in [0.3, 0.4) is 0 Å². The van der Waals surface area contributed by atoms with E-state index in [0.29, 0.717) is 49.2 Å². The van der Waals surface area contributed by atoms with Gasteiger partial charge in [0.15, 0.2) is 22.0 Å². The van der Waals surface area contributed by atoms with Gasteiger partial charge in [-0.05, 0) is 130 Å². The van der Waals surface area contributed by atoms with Gasteiger partial charge in [-0.1, -0.05) is 11.6 Å². The van der Waals surface area contributed by atoms with Crippen LogP contribution in [0, 0.1) is 39.0 Å². The van der Waals surface area contributed by atoms with E-state index in [0.717, 1.165) is 4.40 Å². The Kier molecular flexibility index (Phi) is 21.4. The molecule has 0 aliphatic rings. The number of azo groups is 4. The normalized spacial score (nSPS) is 12.6. The number of aromatic hydroxyl groups is 1. The van der Waals surface area contributed by atoms with Crippen molar-refractivity contribution >= 4 is 144 Å². The quantitative estimate of drug-likeness (QED) is 0.0105. The second kappa shape index (κ2) is 27.9. The Labute approximate surface area is 505 Å². The Hall–Kier alpha value is -7.56. The van der Waals surface area contributed by atoms with E-state index in [1.165, 1.54) is 74.0 Å². The predicted octanol–water partition coefficient (Wildman–Crippen LogP) is 12.8. The third-order valence-corrected chi connectivity index (χ3v) is 18.0. The lowest BCUT2D eigenvalue weighted by Gasteiger charge is -2.12. The lowest BCUT2D eigenvalue weighted by atomic mass is 10.1. The van der Waals surface area contributed by atoms with Crippen LogP contribution in [0.4, 0.5) is 45.5 Å². The number of rotatable bonds is 27. The highest BCUT2D eigenvalue weighted by Gasteiger charge is 2.28. The number of nitriles is 1. The molecule has 7 rings (SSSR count). The molecule has 0 radical (unpaired) electrons. The molecule has 7 aromatic rings. The van der Waals surface area contributed by atoms with Gasteiger partial charge >= 0.3 is 0 Å². The average molecular weight is 1320 g/mol. The summed E-state index contributed by atoms with van der Waals surface area (Å²) in [5.41, 5.74) is 2.43. The number of imidazole rings is 1. The number of hydrogen-bond donors (Lipinski definition) is 5. The van der Waals surface area contributed by atoms with Crippen molar-refractivity contribution in [2.45, 2.75) is 61.6 Å². The third kappa shape index (κ3) is 17.1. The molecular weight excluding hydrogens is 1270 g/mol. The molecule has 5 aromatic carbocycles. The zero-order chi connectivity index (χ0) is 62.9. The van der Waals surface area contributed by atoms with Crippen molar-refractivity contribution in [3.05, 3.63) is 99.6 Å².